The first-order chi connectivity index (χ1) is 18.7. The summed E-state index contributed by atoms with van der Waals surface area (Å²) in [5.41, 5.74) is -0.278. The lowest BCUT2D eigenvalue weighted by Crippen LogP contribution is -2.29. The first-order valence-electron chi connectivity index (χ1n) is 12.3. The Balaban J connectivity index is 1.88. The molecule has 0 bridgehead atoms. The van der Waals surface area contributed by atoms with Crippen LogP contribution in [0.25, 0.3) is 5.69 Å². The highest BCUT2D eigenvalue weighted by Gasteiger charge is 2.32. The summed E-state index contributed by atoms with van der Waals surface area (Å²) >= 11 is 6.00. The van der Waals surface area contributed by atoms with Crippen LogP contribution in [-0.2, 0) is 21.0 Å². The van der Waals surface area contributed by atoms with E-state index in [2.05, 4.69) is 4.98 Å². The molecule has 2 heterocycles. The molecular weight excluding hydrogens is 542 g/mol. The van der Waals surface area contributed by atoms with Crippen molar-refractivity contribution in [2.24, 2.45) is 0 Å². The van der Waals surface area contributed by atoms with Crippen LogP contribution in [0.4, 0.5) is 0 Å². The third-order valence-electron chi connectivity index (χ3n) is 6.28. The van der Waals surface area contributed by atoms with E-state index in [0.717, 1.165) is 12.0 Å². The molecule has 0 spiro atoms. The van der Waals surface area contributed by atoms with Crippen molar-refractivity contribution in [2.45, 2.75) is 42.0 Å². The van der Waals surface area contributed by atoms with Crippen LogP contribution >= 0.6 is 11.6 Å². The number of aromatic nitrogens is 3. The third-order valence-corrected chi connectivity index (χ3v) is 8.29. The molecule has 0 fully saturated rings. The maximum Gasteiger partial charge on any atom is 0.296 e. The number of aryl methyl sites for hydroxylation is 1. The van der Waals surface area contributed by atoms with Crippen molar-refractivity contribution in [1.29, 1.82) is 0 Å². The lowest BCUT2D eigenvalue weighted by molar-refractivity contribution is 0.161. The van der Waals surface area contributed by atoms with Crippen LogP contribution in [0.2, 0.25) is 5.02 Å². The Bertz CT molecular complexity index is 1680. The Kier molecular flexibility index (Phi) is 8.69. The van der Waals surface area contributed by atoms with Crippen molar-refractivity contribution in [3.05, 3.63) is 110 Å². The summed E-state index contributed by atoms with van der Waals surface area (Å²) in [6.45, 7) is 2.08. The number of nitrogens with zero attached hydrogens (tertiary/aromatic N) is 3. The van der Waals surface area contributed by atoms with Crippen molar-refractivity contribution in [3.63, 3.8) is 0 Å². The van der Waals surface area contributed by atoms with Gasteiger partial charge in [-0.2, -0.15) is 4.98 Å². The van der Waals surface area contributed by atoms with Crippen LogP contribution in [0.15, 0.2) is 92.3 Å². The summed E-state index contributed by atoms with van der Waals surface area (Å²) in [6.07, 6.45) is 3.25. The zero-order chi connectivity index (χ0) is 28.2. The smallest absolute Gasteiger partial charge is 0.296 e. The predicted molar refractivity (Wildman–Crippen MR) is 148 cm³/mol. The molecule has 2 aromatic heterocycles. The average molecular weight is 570 g/mol. The first kappa shape index (κ1) is 28.3. The number of methoxy groups -OCH3 is 1. The van der Waals surface area contributed by atoms with Gasteiger partial charge in [-0.15, -0.1) is 0 Å². The van der Waals surface area contributed by atoms with E-state index in [1.54, 1.807) is 0 Å². The molecule has 39 heavy (non-hydrogen) atoms. The normalized spacial score (nSPS) is 12.4. The highest BCUT2D eigenvalue weighted by molar-refractivity contribution is 7.91. The predicted octanol–water partition coefficient (Wildman–Crippen LogP) is 4.16. The monoisotopic (exact) mass is 569 g/mol. The van der Waals surface area contributed by atoms with Gasteiger partial charge in [0.1, 0.15) is 5.82 Å². The second-order valence-corrected chi connectivity index (χ2v) is 11.2. The molecule has 1 atom stereocenters. The minimum atomic E-state index is -4.51. The van der Waals surface area contributed by atoms with E-state index in [9.17, 15) is 23.1 Å². The molecule has 11 heteroatoms. The van der Waals surface area contributed by atoms with E-state index < -0.39 is 32.2 Å². The lowest BCUT2D eigenvalue weighted by atomic mass is 10.1. The Morgan fingerprint density at radius 2 is 1.72 bits per heavy atom. The summed E-state index contributed by atoms with van der Waals surface area (Å²) in [5.74, 6) is -0.443. The average Bonchev–Trinajstić information content (AvgIpc) is 2.92. The number of halogens is 1. The second-order valence-electron chi connectivity index (χ2n) is 8.89. The third kappa shape index (κ3) is 5.83. The Hall–Kier alpha value is -3.73. The number of unbranched alkanes of at least 4 members (excludes halogenated alkanes) is 1. The zero-order valence-corrected chi connectivity index (χ0v) is 23.0. The SMILES string of the molecule is CCCCc1nc(=O)c(S(=O)(=O)c2ccc(-n3cc(Cl)ccc3=O)cc2)c(O)n1[C@@H](COC)c1ccccc1. The minimum Gasteiger partial charge on any atom is -0.493 e. The maximum absolute atomic E-state index is 13.7. The molecule has 4 aromatic rings. The molecule has 0 saturated carbocycles. The van der Waals surface area contributed by atoms with Crippen LogP contribution in [-0.4, -0.2) is 41.4 Å². The number of hydrogen-bond donors (Lipinski definition) is 1. The van der Waals surface area contributed by atoms with E-state index in [4.69, 9.17) is 16.3 Å². The van der Waals surface area contributed by atoms with Crippen molar-refractivity contribution in [2.75, 3.05) is 13.7 Å². The van der Waals surface area contributed by atoms with Gasteiger partial charge < -0.3 is 9.84 Å². The van der Waals surface area contributed by atoms with Gasteiger partial charge in [0, 0.05) is 31.5 Å². The first-order valence-corrected chi connectivity index (χ1v) is 14.2. The van der Waals surface area contributed by atoms with E-state index in [0.29, 0.717) is 23.6 Å². The fourth-order valence-electron chi connectivity index (χ4n) is 4.34. The van der Waals surface area contributed by atoms with Crippen LogP contribution in [0, 0.1) is 0 Å². The van der Waals surface area contributed by atoms with Crippen LogP contribution in [0.3, 0.4) is 0 Å². The molecule has 0 saturated heterocycles. The second kappa shape index (κ2) is 12.0. The summed E-state index contributed by atoms with van der Waals surface area (Å²) in [5, 5.41) is 11.8. The highest BCUT2D eigenvalue weighted by atomic mass is 35.5. The number of benzene rings is 2. The summed E-state index contributed by atoms with van der Waals surface area (Å²) in [6, 6.07) is 16.6. The number of rotatable bonds is 10. The van der Waals surface area contributed by atoms with Crippen molar-refractivity contribution >= 4 is 21.4 Å². The van der Waals surface area contributed by atoms with Crippen molar-refractivity contribution < 1.29 is 18.3 Å². The largest absolute Gasteiger partial charge is 0.493 e. The van der Waals surface area contributed by atoms with Crippen molar-refractivity contribution in [1.82, 2.24) is 14.1 Å². The van der Waals surface area contributed by atoms with Crippen LogP contribution in [0.1, 0.15) is 37.2 Å². The van der Waals surface area contributed by atoms with Crippen LogP contribution < -0.4 is 11.1 Å². The van der Waals surface area contributed by atoms with Gasteiger partial charge in [-0.05, 0) is 42.3 Å². The fourth-order valence-corrected chi connectivity index (χ4v) is 5.85. The molecule has 0 aliphatic heterocycles. The van der Waals surface area contributed by atoms with Gasteiger partial charge in [0.15, 0.2) is 4.90 Å². The molecule has 0 amide bonds. The Labute approximate surface area is 230 Å². The van der Waals surface area contributed by atoms with E-state index in [-0.39, 0.29) is 22.9 Å². The van der Waals surface area contributed by atoms with Gasteiger partial charge in [0.05, 0.1) is 22.6 Å². The van der Waals surface area contributed by atoms with Gasteiger partial charge >= 0.3 is 0 Å². The quantitative estimate of drug-likeness (QED) is 0.304. The lowest BCUT2D eigenvalue weighted by Gasteiger charge is -2.25. The minimum absolute atomic E-state index is 0.101. The molecule has 0 unspecified atom stereocenters. The summed E-state index contributed by atoms with van der Waals surface area (Å²) < 4.78 is 35.5. The molecule has 9 nitrogen and oxygen atoms in total. The van der Waals surface area contributed by atoms with Gasteiger partial charge in [-0.25, -0.2) is 8.42 Å². The maximum atomic E-state index is 13.7. The van der Waals surface area contributed by atoms with E-state index in [1.165, 1.54) is 58.8 Å². The fraction of sp³-hybridized carbons (Fsp3) is 0.250. The number of ether oxygens (including phenoxy) is 1. The number of aromatic hydroxyl groups is 1. The van der Waals surface area contributed by atoms with Gasteiger partial charge in [-0.1, -0.05) is 55.3 Å². The Morgan fingerprint density at radius 3 is 2.36 bits per heavy atom. The molecular formula is C28H28ClN3O6S. The molecule has 0 aliphatic carbocycles. The molecule has 0 radical (unpaired) electrons. The topological polar surface area (TPSA) is 120 Å². The van der Waals surface area contributed by atoms with E-state index in [1.807, 2.05) is 37.3 Å². The van der Waals surface area contributed by atoms with Gasteiger partial charge in [-0.3, -0.25) is 18.7 Å². The van der Waals surface area contributed by atoms with Gasteiger partial charge in [0.25, 0.3) is 11.1 Å². The number of hydrogen-bond acceptors (Lipinski definition) is 7. The number of sulfone groups is 1. The highest BCUT2D eigenvalue weighted by Crippen LogP contribution is 2.32. The van der Waals surface area contributed by atoms with Gasteiger partial charge in [0.2, 0.25) is 15.7 Å². The van der Waals surface area contributed by atoms with Crippen LogP contribution in [0.5, 0.6) is 5.88 Å². The molecule has 4 rings (SSSR count). The molecule has 2 aromatic carbocycles. The zero-order valence-electron chi connectivity index (χ0n) is 21.5. The Morgan fingerprint density at radius 1 is 1.03 bits per heavy atom. The van der Waals surface area contributed by atoms with E-state index >= 15 is 0 Å². The van der Waals surface area contributed by atoms with Crippen molar-refractivity contribution in [3.8, 4) is 11.6 Å². The molecule has 204 valence electrons. The molecule has 1 N–H and O–H groups in total. The molecule has 0 aliphatic rings. The summed E-state index contributed by atoms with van der Waals surface area (Å²) in [4.78, 5) is 28.4. The summed E-state index contributed by atoms with van der Waals surface area (Å²) in [7, 11) is -3.01. The standard InChI is InChI=1S/C28H28ClN3O6S/c1-3-4-10-24-30-27(34)26(28(35)32(24)23(18-38-2)19-8-6-5-7-9-19)39(36,37)22-14-12-21(13-15-22)31-17-20(29)11-16-25(31)33/h5-9,11-17,23,35H,3-4,10,18H2,1-2H3/t23-/m0/s1. The number of pyridine rings is 1.